The summed E-state index contributed by atoms with van der Waals surface area (Å²) in [4.78, 5) is 25.4. The van der Waals surface area contributed by atoms with E-state index in [4.69, 9.17) is 4.98 Å². The van der Waals surface area contributed by atoms with E-state index in [0.717, 1.165) is 25.1 Å². The molecule has 1 saturated heterocycles. The standard InChI is InChI=1S/C16H21N5O/c1-19-9-6-13(11-19)20(2)16-18-14(10-15(22)21(16)3)12-4-7-17-8-5-12/h4-5,7-8,10,13H,6,9,11H2,1-3H3. The molecule has 6 nitrogen and oxygen atoms in total. The number of rotatable bonds is 3. The number of pyridine rings is 1. The van der Waals surface area contributed by atoms with Crippen LogP contribution in [-0.4, -0.2) is 52.7 Å². The highest BCUT2D eigenvalue weighted by atomic mass is 16.1. The molecule has 116 valence electrons. The molecule has 3 rings (SSSR count). The molecule has 1 aliphatic heterocycles. The van der Waals surface area contributed by atoms with Gasteiger partial charge in [0.05, 0.1) is 5.69 Å². The zero-order valence-corrected chi connectivity index (χ0v) is 13.2. The van der Waals surface area contributed by atoms with Gasteiger partial charge in [-0.3, -0.25) is 14.3 Å². The van der Waals surface area contributed by atoms with Gasteiger partial charge in [-0.2, -0.15) is 0 Å². The SMILES string of the molecule is CN1CCC(N(C)c2nc(-c3ccncc3)cc(=O)n2C)C1. The second-order valence-corrected chi connectivity index (χ2v) is 5.89. The van der Waals surface area contributed by atoms with Crippen LogP contribution in [0.2, 0.25) is 0 Å². The Hall–Kier alpha value is -2.21. The van der Waals surface area contributed by atoms with Crippen LogP contribution in [0.4, 0.5) is 5.95 Å². The first-order valence-electron chi connectivity index (χ1n) is 7.46. The highest BCUT2D eigenvalue weighted by Gasteiger charge is 2.25. The van der Waals surface area contributed by atoms with E-state index in [0.29, 0.717) is 17.7 Å². The van der Waals surface area contributed by atoms with Gasteiger partial charge in [-0.15, -0.1) is 0 Å². The number of aromatic nitrogens is 3. The smallest absolute Gasteiger partial charge is 0.255 e. The van der Waals surface area contributed by atoms with Crippen molar-refractivity contribution < 1.29 is 0 Å². The fraction of sp³-hybridized carbons (Fsp3) is 0.438. The topological polar surface area (TPSA) is 54.3 Å². The van der Waals surface area contributed by atoms with E-state index >= 15 is 0 Å². The molecule has 0 aromatic carbocycles. The van der Waals surface area contributed by atoms with Crippen molar-refractivity contribution in [2.24, 2.45) is 7.05 Å². The number of anilines is 1. The molecule has 3 heterocycles. The fourth-order valence-electron chi connectivity index (χ4n) is 2.90. The third kappa shape index (κ3) is 2.74. The van der Waals surface area contributed by atoms with Crippen molar-refractivity contribution in [1.29, 1.82) is 0 Å². The maximum absolute atomic E-state index is 12.3. The molecule has 0 bridgehead atoms. The molecule has 2 aromatic rings. The van der Waals surface area contributed by atoms with Crippen molar-refractivity contribution in [2.45, 2.75) is 12.5 Å². The fourth-order valence-corrected chi connectivity index (χ4v) is 2.90. The molecule has 22 heavy (non-hydrogen) atoms. The predicted molar refractivity (Wildman–Crippen MR) is 87.0 cm³/mol. The van der Waals surface area contributed by atoms with E-state index in [1.165, 1.54) is 0 Å². The lowest BCUT2D eigenvalue weighted by Crippen LogP contribution is -2.38. The summed E-state index contributed by atoms with van der Waals surface area (Å²) in [5.41, 5.74) is 1.56. The van der Waals surface area contributed by atoms with Crippen LogP contribution < -0.4 is 10.5 Å². The molecule has 0 N–H and O–H groups in total. The molecule has 1 atom stereocenters. The quantitative estimate of drug-likeness (QED) is 0.846. The van der Waals surface area contributed by atoms with E-state index in [9.17, 15) is 4.79 Å². The van der Waals surface area contributed by atoms with Gasteiger partial charge in [0.15, 0.2) is 0 Å². The lowest BCUT2D eigenvalue weighted by atomic mass is 10.2. The van der Waals surface area contributed by atoms with E-state index in [2.05, 4.69) is 21.8 Å². The van der Waals surface area contributed by atoms with Gasteiger partial charge in [-0.25, -0.2) is 4.98 Å². The normalized spacial score (nSPS) is 18.6. The molecular weight excluding hydrogens is 278 g/mol. The van der Waals surface area contributed by atoms with E-state index in [1.54, 1.807) is 30.1 Å². The van der Waals surface area contributed by atoms with Gasteiger partial charge in [0.25, 0.3) is 5.56 Å². The molecule has 1 unspecified atom stereocenters. The molecule has 0 radical (unpaired) electrons. The largest absolute Gasteiger partial charge is 0.341 e. The van der Waals surface area contributed by atoms with Crippen LogP contribution in [-0.2, 0) is 7.05 Å². The zero-order valence-electron chi connectivity index (χ0n) is 13.2. The number of likely N-dealkylation sites (N-methyl/N-ethyl adjacent to an activating group) is 2. The van der Waals surface area contributed by atoms with Crippen molar-refractivity contribution in [2.75, 3.05) is 32.1 Å². The third-order valence-electron chi connectivity index (χ3n) is 4.32. The van der Waals surface area contributed by atoms with Gasteiger partial charge < -0.3 is 9.80 Å². The lowest BCUT2D eigenvalue weighted by Gasteiger charge is -2.27. The van der Waals surface area contributed by atoms with Gasteiger partial charge in [-0.1, -0.05) is 0 Å². The second kappa shape index (κ2) is 5.88. The van der Waals surface area contributed by atoms with Crippen molar-refractivity contribution >= 4 is 5.95 Å². The summed E-state index contributed by atoms with van der Waals surface area (Å²) < 4.78 is 1.61. The van der Waals surface area contributed by atoms with Crippen LogP contribution in [0.5, 0.6) is 0 Å². The first-order chi connectivity index (χ1) is 10.6. The van der Waals surface area contributed by atoms with Crippen LogP contribution in [0.25, 0.3) is 11.3 Å². The highest BCUT2D eigenvalue weighted by molar-refractivity contribution is 5.59. The summed E-state index contributed by atoms with van der Waals surface area (Å²) in [5.74, 6) is 0.708. The highest BCUT2D eigenvalue weighted by Crippen LogP contribution is 2.21. The van der Waals surface area contributed by atoms with Crippen LogP contribution in [0.15, 0.2) is 35.4 Å². The molecule has 0 spiro atoms. The second-order valence-electron chi connectivity index (χ2n) is 5.89. The predicted octanol–water partition coefficient (Wildman–Crippen LogP) is 0.983. The molecule has 1 fully saturated rings. The van der Waals surface area contributed by atoms with E-state index in [1.807, 2.05) is 19.2 Å². The first-order valence-corrected chi connectivity index (χ1v) is 7.46. The molecular formula is C16H21N5O. The zero-order chi connectivity index (χ0) is 15.7. The molecule has 6 heteroatoms. The van der Waals surface area contributed by atoms with E-state index < -0.39 is 0 Å². The van der Waals surface area contributed by atoms with Gasteiger partial charge in [-0.05, 0) is 32.1 Å². The minimum absolute atomic E-state index is 0.0463. The summed E-state index contributed by atoms with van der Waals surface area (Å²) >= 11 is 0. The number of nitrogens with zero attached hydrogens (tertiary/aromatic N) is 5. The molecule has 0 saturated carbocycles. The van der Waals surface area contributed by atoms with Crippen LogP contribution >= 0.6 is 0 Å². The number of hydrogen-bond acceptors (Lipinski definition) is 5. The van der Waals surface area contributed by atoms with Crippen LogP contribution in [0.1, 0.15) is 6.42 Å². The van der Waals surface area contributed by atoms with Crippen LogP contribution in [0.3, 0.4) is 0 Å². The Kier molecular flexibility index (Phi) is 3.94. The van der Waals surface area contributed by atoms with E-state index in [-0.39, 0.29) is 5.56 Å². The summed E-state index contributed by atoms with van der Waals surface area (Å²) in [6.07, 6.45) is 4.51. The van der Waals surface area contributed by atoms with Gasteiger partial charge in [0.1, 0.15) is 0 Å². The molecule has 0 aliphatic carbocycles. The summed E-state index contributed by atoms with van der Waals surface area (Å²) in [6.45, 7) is 2.07. The van der Waals surface area contributed by atoms with Gasteiger partial charge in [0, 0.05) is 50.7 Å². The Labute approximate surface area is 130 Å². The van der Waals surface area contributed by atoms with Gasteiger partial charge >= 0.3 is 0 Å². The summed E-state index contributed by atoms with van der Waals surface area (Å²) in [5, 5.41) is 0. The Morgan fingerprint density at radius 3 is 2.64 bits per heavy atom. The summed E-state index contributed by atoms with van der Waals surface area (Å²) in [7, 11) is 5.91. The Balaban J connectivity index is 2.00. The maximum atomic E-state index is 12.3. The molecule has 1 aliphatic rings. The van der Waals surface area contributed by atoms with Gasteiger partial charge in [0.2, 0.25) is 5.95 Å². The average molecular weight is 299 g/mol. The average Bonchev–Trinajstić information content (AvgIpc) is 2.96. The van der Waals surface area contributed by atoms with Crippen LogP contribution in [0, 0.1) is 0 Å². The minimum atomic E-state index is -0.0463. The molecule has 0 amide bonds. The Morgan fingerprint density at radius 2 is 2.00 bits per heavy atom. The third-order valence-corrected chi connectivity index (χ3v) is 4.32. The number of hydrogen-bond donors (Lipinski definition) is 0. The van der Waals surface area contributed by atoms with Crippen molar-refractivity contribution in [1.82, 2.24) is 19.4 Å². The minimum Gasteiger partial charge on any atom is -0.341 e. The summed E-state index contributed by atoms with van der Waals surface area (Å²) in [6, 6.07) is 5.70. The Bertz CT molecular complexity index is 712. The Morgan fingerprint density at radius 1 is 1.27 bits per heavy atom. The first kappa shape index (κ1) is 14.7. The monoisotopic (exact) mass is 299 g/mol. The maximum Gasteiger partial charge on any atom is 0.255 e. The molecule has 2 aromatic heterocycles. The van der Waals surface area contributed by atoms with Crippen molar-refractivity contribution in [3.8, 4) is 11.3 Å². The number of likely N-dealkylation sites (tertiary alicyclic amines) is 1. The lowest BCUT2D eigenvalue weighted by molar-refractivity contribution is 0.408. The van der Waals surface area contributed by atoms with Crippen molar-refractivity contribution in [3.63, 3.8) is 0 Å². The van der Waals surface area contributed by atoms with Crippen molar-refractivity contribution in [3.05, 3.63) is 40.9 Å².